The molecule has 0 atom stereocenters. The lowest BCUT2D eigenvalue weighted by molar-refractivity contribution is 0.102. The van der Waals surface area contributed by atoms with Gasteiger partial charge in [0.1, 0.15) is 0 Å². The van der Waals surface area contributed by atoms with Crippen molar-refractivity contribution in [1.82, 2.24) is 4.31 Å². The van der Waals surface area contributed by atoms with Crippen molar-refractivity contribution in [1.29, 1.82) is 0 Å². The normalized spacial score (nSPS) is 14.9. The highest BCUT2D eigenvalue weighted by molar-refractivity contribution is 9.10. The Morgan fingerprint density at radius 1 is 1.17 bits per heavy atom. The minimum Gasteiger partial charge on any atom is -0.322 e. The highest BCUT2D eigenvalue weighted by Crippen LogP contribution is 2.24. The van der Waals surface area contributed by atoms with Gasteiger partial charge in [-0.2, -0.15) is 4.31 Å². The Balaban J connectivity index is 1.80. The van der Waals surface area contributed by atoms with Crippen LogP contribution in [-0.4, -0.2) is 31.4 Å². The second-order valence-electron chi connectivity index (χ2n) is 5.79. The summed E-state index contributed by atoms with van der Waals surface area (Å²) in [5.74, 6) is -0.202. The maximum Gasteiger partial charge on any atom is 0.255 e. The quantitative estimate of drug-likeness (QED) is 0.848. The molecule has 2 aromatic carbocycles. The number of anilines is 1. The SMILES string of the molecule is CS(=O)(=O)N1CCc2ccc(NC(=O)c3cccc(Br)c3)cc2C1. The van der Waals surface area contributed by atoms with Crippen LogP contribution < -0.4 is 5.32 Å². The minimum absolute atomic E-state index is 0.202. The Kier molecular flexibility index (Phi) is 4.76. The van der Waals surface area contributed by atoms with Crippen molar-refractivity contribution in [2.24, 2.45) is 0 Å². The number of halogens is 1. The number of sulfonamides is 1. The topological polar surface area (TPSA) is 66.5 Å². The Morgan fingerprint density at radius 3 is 2.67 bits per heavy atom. The molecule has 1 aliphatic heterocycles. The first-order valence-electron chi connectivity index (χ1n) is 7.47. The summed E-state index contributed by atoms with van der Waals surface area (Å²) in [5, 5.41) is 2.86. The van der Waals surface area contributed by atoms with Gasteiger partial charge in [-0.15, -0.1) is 0 Å². The Bertz CT molecular complexity index is 896. The van der Waals surface area contributed by atoms with Crippen LogP contribution in [-0.2, 0) is 23.0 Å². The predicted octanol–water partition coefficient (Wildman–Crippen LogP) is 3.02. The second kappa shape index (κ2) is 6.66. The van der Waals surface area contributed by atoms with E-state index in [-0.39, 0.29) is 5.91 Å². The molecule has 0 bridgehead atoms. The molecule has 126 valence electrons. The van der Waals surface area contributed by atoms with Crippen LogP contribution in [0.1, 0.15) is 21.5 Å². The van der Waals surface area contributed by atoms with Gasteiger partial charge < -0.3 is 5.32 Å². The first-order valence-corrected chi connectivity index (χ1v) is 10.1. The molecule has 2 aromatic rings. The van der Waals surface area contributed by atoms with E-state index in [1.54, 1.807) is 18.2 Å². The molecule has 0 radical (unpaired) electrons. The molecule has 0 saturated heterocycles. The van der Waals surface area contributed by atoms with Crippen molar-refractivity contribution < 1.29 is 13.2 Å². The maximum absolute atomic E-state index is 12.3. The van der Waals surface area contributed by atoms with Crippen molar-refractivity contribution in [2.75, 3.05) is 18.1 Å². The van der Waals surface area contributed by atoms with Gasteiger partial charge in [0, 0.05) is 28.8 Å². The summed E-state index contributed by atoms with van der Waals surface area (Å²) in [6, 6.07) is 12.8. The molecular weight excluding hydrogens is 392 g/mol. The highest BCUT2D eigenvalue weighted by atomic mass is 79.9. The van der Waals surface area contributed by atoms with E-state index in [9.17, 15) is 13.2 Å². The number of rotatable bonds is 3. The lowest BCUT2D eigenvalue weighted by Gasteiger charge is -2.27. The summed E-state index contributed by atoms with van der Waals surface area (Å²) in [4.78, 5) is 12.3. The van der Waals surface area contributed by atoms with Gasteiger partial charge in [-0.05, 0) is 47.9 Å². The highest BCUT2D eigenvalue weighted by Gasteiger charge is 2.23. The number of nitrogens with one attached hydrogen (secondary N) is 1. The van der Waals surface area contributed by atoms with Gasteiger partial charge in [0.2, 0.25) is 10.0 Å². The first kappa shape index (κ1) is 17.1. The number of hydrogen-bond donors (Lipinski definition) is 1. The predicted molar refractivity (Wildman–Crippen MR) is 97.5 cm³/mol. The fourth-order valence-corrected chi connectivity index (χ4v) is 3.92. The summed E-state index contributed by atoms with van der Waals surface area (Å²) in [6.07, 6.45) is 1.90. The molecule has 1 aliphatic rings. The second-order valence-corrected chi connectivity index (χ2v) is 8.69. The van der Waals surface area contributed by atoms with E-state index in [1.165, 1.54) is 10.6 Å². The molecule has 0 unspecified atom stereocenters. The summed E-state index contributed by atoms with van der Waals surface area (Å²) >= 11 is 3.35. The van der Waals surface area contributed by atoms with Crippen LogP contribution in [0.5, 0.6) is 0 Å². The van der Waals surface area contributed by atoms with Gasteiger partial charge in [0.05, 0.1) is 6.26 Å². The van der Waals surface area contributed by atoms with Gasteiger partial charge >= 0.3 is 0 Å². The molecule has 3 rings (SSSR count). The monoisotopic (exact) mass is 408 g/mol. The number of carbonyl (C=O) groups excluding carboxylic acids is 1. The van der Waals surface area contributed by atoms with Crippen molar-refractivity contribution in [2.45, 2.75) is 13.0 Å². The molecule has 0 spiro atoms. The van der Waals surface area contributed by atoms with Crippen LogP contribution in [0.3, 0.4) is 0 Å². The summed E-state index contributed by atoms with van der Waals surface area (Å²) in [6.45, 7) is 0.838. The van der Waals surface area contributed by atoms with E-state index in [2.05, 4.69) is 21.2 Å². The number of nitrogens with zero attached hydrogens (tertiary/aromatic N) is 1. The first-order chi connectivity index (χ1) is 11.3. The van der Waals surface area contributed by atoms with Gasteiger partial charge in [-0.3, -0.25) is 4.79 Å². The third-order valence-electron chi connectivity index (χ3n) is 4.00. The van der Waals surface area contributed by atoms with Crippen LogP contribution in [0.25, 0.3) is 0 Å². The van der Waals surface area contributed by atoms with Crippen LogP contribution in [0.15, 0.2) is 46.9 Å². The number of benzene rings is 2. The Morgan fingerprint density at radius 2 is 1.96 bits per heavy atom. The Hall–Kier alpha value is -1.70. The van der Waals surface area contributed by atoms with Gasteiger partial charge in [0.25, 0.3) is 5.91 Å². The number of hydrogen-bond acceptors (Lipinski definition) is 3. The zero-order valence-electron chi connectivity index (χ0n) is 13.1. The standard InChI is InChI=1S/C17H17BrN2O3S/c1-24(22,23)20-8-7-12-5-6-16(10-14(12)11-20)19-17(21)13-3-2-4-15(18)9-13/h2-6,9-10H,7-8,11H2,1H3,(H,19,21). The third kappa shape index (κ3) is 3.85. The lowest BCUT2D eigenvalue weighted by atomic mass is 10.0. The summed E-state index contributed by atoms with van der Waals surface area (Å²) in [7, 11) is -3.21. The minimum atomic E-state index is -3.21. The number of amides is 1. The zero-order chi connectivity index (χ0) is 17.3. The van der Waals surface area contributed by atoms with Crippen molar-refractivity contribution >= 4 is 37.5 Å². The van der Waals surface area contributed by atoms with Crippen molar-refractivity contribution in [3.8, 4) is 0 Å². The number of carbonyl (C=O) groups is 1. The van der Waals surface area contributed by atoms with E-state index >= 15 is 0 Å². The molecule has 1 heterocycles. The molecule has 24 heavy (non-hydrogen) atoms. The largest absolute Gasteiger partial charge is 0.322 e. The van der Waals surface area contributed by atoms with Crippen LogP contribution in [0.2, 0.25) is 0 Å². The molecule has 1 amide bonds. The zero-order valence-corrected chi connectivity index (χ0v) is 15.5. The molecule has 7 heteroatoms. The molecule has 0 saturated carbocycles. The molecule has 5 nitrogen and oxygen atoms in total. The summed E-state index contributed by atoms with van der Waals surface area (Å²) < 4.78 is 25.7. The molecule has 0 fully saturated rings. The smallest absolute Gasteiger partial charge is 0.255 e. The molecule has 0 aromatic heterocycles. The fourth-order valence-electron chi connectivity index (χ4n) is 2.73. The molecule has 0 aliphatic carbocycles. The van der Waals surface area contributed by atoms with Crippen molar-refractivity contribution in [3.63, 3.8) is 0 Å². The van der Waals surface area contributed by atoms with Gasteiger partial charge in [-0.25, -0.2) is 8.42 Å². The van der Waals surface area contributed by atoms with E-state index in [4.69, 9.17) is 0 Å². The average molecular weight is 409 g/mol. The van der Waals surface area contributed by atoms with Gasteiger partial charge in [-0.1, -0.05) is 28.1 Å². The number of fused-ring (bicyclic) bond motifs is 1. The van der Waals surface area contributed by atoms with E-state index in [0.717, 1.165) is 15.6 Å². The lowest BCUT2D eigenvalue weighted by Crippen LogP contribution is -2.35. The molecule has 1 N–H and O–H groups in total. The van der Waals surface area contributed by atoms with Crippen LogP contribution >= 0.6 is 15.9 Å². The van der Waals surface area contributed by atoms with E-state index in [1.807, 2.05) is 24.3 Å². The third-order valence-corrected chi connectivity index (χ3v) is 5.74. The van der Waals surface area contributed by atoms with Crippen LogP contribution in [0, 0.1) is 0 Å². The van der Waals surface area contributed by atoms with E-state index < -0.39 is 10.0 Å². The summed E-state index contributed by atoms with van der Waals surface area (Å²) in [5.41, 5.74) is 3.27. The van der Waals surface area contributed by atoms with Crippen LogP contribution in [0.4, 0.5) is 5.69 Å². The Labute approximate surface area is 149 Å². The van der Waals surface area contributed by atoms with Gasteiger partial charge in [0.15, 0.2) is 0 Å². The molecular formula is C17H17BrN2O3S. The fraction of sp³-hybridized carbons (Fsp3) is 0.235. The van der Waals surface area contributed by atoms with E-state index in [0.29, 0.717) is 30.8 Å². The maximum atomic E-state index is 12.3. The average Bonchev–Trinajstić information content (AvgIpc) is 2.53. The van der Waals surface area contributed by atoms with Crippen molar-refractivity contribution in [3.05, 3.63) is 63.6 Å².